The van der Waals surface area contributed by atoms with E-state index in [9.17, 15) is 0 Å². The van der Waals surface area contributed by atoms with Crippen molar-refractivity contribution in [3.8, 4) is 16.6 Å². The van der Waals surface area contributed by atoms with E-state index >= 15 is 0 Å². The monoisotopic (exact) mass is 312 g/mol. The van der Waals surface area contributed by atoms with E-state index in [1.54, 1.807) is 22.7 Å². The quantitative estimate of drug-likeness (QED) is 0.822. The Morgan fingerprint density at radius 2 is 2.12 bits per heavy atom. The topological polar surface area (TPSA) is 36.7 Å². The van der Waals surface area contributed by atoms with Crippen LogP contribution in [0.4, 0.5) is 0 Å². The van der Waals surface area contributed by atoms with Crippen LogP contribution < -0.4 is 0 Å². The highest BCUT2D eigenvalue weighted by molar-refractivity contribution is 9.10. The van der Waals surface area contributed by atoms with Crippen LogP contribution in [0.5, 0.6) is 0 Å². The molecule has 0 fully saturated rings. The molecule has 2 aromatic rings. The Labute approximate surface area is 111 Å². The van der Waals surface area contributed by atoms with Gasteiger partial charge in [-0.1, -0.05) is 0 Å². The van der Waals surface area contributed by atoms with Gasteiger partial charge in [0.2, 0.25) is 0 Å². The summed E-state index contributed by atoms with van der Waals surface area (Å²) in [5.41, 5.74) is 0.455. The first-order valence-corrected chi connectivity index (χ1v) is 7.20. The van der Waals surface area contributed by atoms with Gasteiger partial charge in [-0.15, -0.1) is 22.7 Å². The van der Waals surface area contributed by atoms with Crippen molar-refractivity contribution in [2.24, 2.45) is 0 Å². The fourth-order valence-corrected chi connectivity index (χ4v) is 3.53. The molecular weight excluding hydrogens is 304 g/mol. The van der Waals surface area contributed by atoms with Gasteiger partial charge < -0.3 is 0 Å². The lowest BCUT2D eigenvalue weighted by Crippen LogP contribution is -2.13. The second kappa shape index (κ2) is 4.28. The van der Waals surface area contributed by atoms with Crippen LogP contribution in [0.25, 0.3) is 10.6 Å². The molecule has 0 aliphatic heterocycles. The minimum Gasteiger partial charge on any atom is -0.239 e. The number of aromatic nitrogens is 1. The van der Waals surface area contributed by atoms with Crippen molar-refractivity contribution in [2.75, 3.05) is 0 Å². The second-order valence-corrected chi connectivity index (χ2v) is 6.59. The van der Waals surface area contributed by atoms with Crippen LogP contribution in [-0.2, 0) is 5.41 Å². The third kappa shape index (κ3) is 2.19. The maximum absolute atomic E-state index is 9.04. The number of thiazole rings is 1. The zero-order valence-corrected chi connectivity index (χ0v) is 12.0. The van der Waals surface area contributed by atoms with Gasteiger partial charge in [-0.25, -0.2) is 4.98 Å². The van der Waals surface area contributed by atoms with Crippen molar-refractivity contribution in [1.29, 1.82) is 5.26 Å². The number of rotatable bonds is 2. The van der Waals surface area contributed by atoms with Crippen LogP contribution in [0.3, 0.4) is 0 Å². The molecule has 2 heterocycles. The predicted octanol–water partition coefficient (Wildman–Crippen LogP) is 4.44. The highest BCUT2D eigenvalue weighted by Crippen LogP contribution is 2.33. The largest absolute Gasteiger partial charge is 0.239 e. The third-order valence-corrected chi connectivity index (χ3v) is 5.02. The molecule has 0 saturated carbocycles. The van der Waals surface area contributed by atoms with Crippen LogP contribution in [-0.4, -0.2) is 4.98 Å². The zero-order chi connectivity index (χ0) is 11.8. The first kappa shape index (κ1) is 11.8. The van der Waals surface area contributed by atoms with Crippen LogP contribution in [0.15, 0.2) is 21.3 Å². The number of halogens is 1. The first-order chi connectivity index (χ1) is 7.53. The summed E-state index contributed by atoms with van der Waals surface area (Å²) >= 11 is 6.61. The van der Waals surface area contributed by atoms with Gasteiger partial charge in [0.1, 0.15) is 10.4 Å². The summed E-state index contributed by atoms with van der Waals surface area (Å²) in [5.74, 6) is 0. The molecule has 0 saturated heterocycles. The molecule has 0 amide bonds. The number of nitrogens with zero attached hydrogens (tertiary/aromatic N) is 2. The molecule has 5 heteroatoms. The molecule has 0 N–H and O–H groups in total. The summed E-state index contributed by atoms with van der Waals surface area (Å²) < 4.78 is 1.07. The van der Waals surface area contributed by atoms with Gasteiger partial charge >= 0.3 is 0 Å². The van der Waals surface area contributed by atoms with Crippen molar-refractivity contribution in [3.05, 3.63) is 26.3 Å². The summed E-state index contributed by atoms with van der Waals surface area (Å²) in [6.45, 7) is 3.78. The van der Waals surface area contributed by atoms with Crippen LogP contribution in [0.2, 0.25) is 0 Å². The Morgan fingerprint density at radius 3 is 2.69 bits per heavy atom. The molecule has 0 radical (unpaired) electrons. The van der Waals surface area contributed by atoms with Crippen molar-refractivity contribution in [3.63, 3.8) is 0 Å². The number of nitriles is 1. The van der Waals surface area contributed by atoms with E-state index in [0.717, 1.165) is 20.1 Å². The molecule has 0 aromatic carbocycles. The van der Waals surface area contributed by atoms with E-state index in [-0.39, 0.29) is 0 Å². The lowest BCUT2D eigenvalue weighted by molar-refractivity contribution is 0.680. The molecule has 0 atom stereocenters. The minimum atomic E-state index is -0.503. The van der Waals surface area contributed by atoms with Crippen molar-refractivity contribution < 1.29 is 0 Å². The van der Waals surface area contributed by atoms with Gasteiger partial charge in [-0.3, -0.25) is 0 Å². The Balaban J connectivity index is 2.38. The minimum absolute atomic E-state index is 0.503. The van der Waals surface area contributed by atoms with Gasteiger partial charge in [0.15, 0.2) is 0 Å². The lowest BCUT2D eigenvalue weighted by Gasteiger charge is -2.09. The highest BCUT2D eigenvalue weighted by Gasteiger charge is 2.24. The van der Waals surface area contributed by atoms with Crippen LogP contribution >= 0.6 is 38.6 Å². The predicted molar refractivity (Wildman–Crippen MR) is 71.8 cm³/mol. The van der Waals surface area contributed by atoms with Gasteiger partial charge in [0.05, 0.1) is 16.6 Å². The van der Waals surface area contributed by atoms with Gasteiger partial charge in [0.25, 0.3) is 0 Å². The molecule has 0 bridgehead atoms. The summed E-state index contributed by atoms with van der Waals surface area (Å²) in [6.07, 6.45) is 0. The van der Waals surface area contributed by atoms with E-state index in [1.165, 1.54) is 0 Å². The standard InChI is InChI=1S/C11H9BrN2S2/c1-11(2,6-13)10-14-8(5-16-10)9-3-7(12)4-15-9/h3-5H,1-2H3. The molecule has 16 heavy (non-hydrogen) atoms. The van der Waals surface area contributed by atoms with E-state index < -0.39 is 5.41 Å². The zero-order valence-electron chi connectivity index (χ0n) is 8.82. The first-order valence-electron chi connectivity index (χ1n) is 4.64. The van der Waals surface area contributed by atoms with Gasteiger partial charge in [-0.2, -0.15) is 5.26 Å². The average molecular weight is 313 g/mol. The summed E-state index contributed by atoms with van der Waals surface area (Å²) in [7, 11) is 0. The van der Waals surface area contributed by atoms with E-state index in [4.69, 9.17) is 5.26 Å². The maximum atomic E-state index is 9.04. The molecule has 0 spiro atoms. The molecule has 82 valence electrons. The van der Waals surface area contributed by atoms with Gasteiger partial charge in [0, 0.05) is 15.2 Å². The molecule has 0 aliphatic rings. The summed E-state index contributed by atoms with van der Waals surface area (Å²) in [5, 5.41) is 14.0. The fraction of sp³-hybridized carbons (Fsp3) is 0.273. The van der Waals surface area contributed by atoms with Crippen molar-refractivity contribution >= 4 is 38.6 Å². The van der Waals surface area contributed by atoms with Crippen molar-refractivity contribution in [2.45, 2.75) is 19.3 Å². The maximum Gasteiger partial charge on any atom is 0.113 e. The van der Waals surface area contributed by atoms with Crippen LogP contribution in [0.1, 0.15) is 18.9 Å². The summed E-state index contributed by atoms with van der Waals surface area (Å²) in [6, 6.07) is 4.31. The Bertz CT molecular complexity index is 548. The van der Waals surface area contributed by atoms with Crippen LogP contribution in [0, 0.1) is 11.3 Å². The summed E-state index contributed by atoms with van der Waals surface area (Å²) in [4.78, 5) is 5.65. The Hall–Kier alpha value is -0.700. The molecule has 2 aromatic heterocycles. The lowest BCUT2D eigenvalue weighted by atomic mass is 9.97. The normalized spacial score (nSPS) is 11.4. The van der Waals surface area contributed by atoms with Crippen molar-refractivity contribution in [1.82, 2.24) is 4.98 Å². The van der Waals surface area contributed by atoms with E-state index in [1.807, 2.05) is 30.7 Å². The number of hydrogen-bond donors (Lipinski definition) is 0. The molecule has 0 unspecified atom stereocenters. The third-order valence-electron chi connectivity index (χ3n) is 2.14. The van der Waals surface area contributed by atoms with E-state index in [0.29, 0.717) is 0 Å². The molecule has 2 nitrogen and oxygen atoms in total. The van der Waals surface area contributed by atoms with Gasteiger partial charge in [-0.05, 0) is 35.8 Å². The molecule has 0 aliphatic carbocycles. The molecule has 2 rings (SSSR count). The second-order valence-electron chi connectivity index (χ2n) is 3.90. The SMILES string of the molecule is CC(C)(C#N)c1nc(-c2cc(Br)cs2)cs1. The number of hydrogen-bond acceptors (Lipinski definition) is 4. The Kier molecular flexibility index (Phi) is 3.15. The average Bonchev–Trinajstić information content (AvgIpc) is 2.85. The highest BCUT2D eigenvalue weighted by atomic mass is 79.9. The molecular formula is C11H9BrN2S2. The number of thiophene rings is 1. The fourth-order valence-electron chi connectivity index (χ4n) is 1.17. The Morgan fingerprint density at radius 1 is 1.38 bits per heavy atom. The smallest absolute Gasteiger partial charge is 0.113 e. The van der Waals surface area contributed by atoms with E-state index in [2.05, 4.69) is 27.0 Å².